The quantitative estimate of drug-likeness (QED) is 0.435. The topological polar surface area (TPSA) is 73.4 Å². The van der Waals surface area contributed by atoms with Crippen molar-refractivity contribution >= 4 is 52.1 Å². The molecule has 184 valence electrons. The molecule has 2 amide bonds. The van der Waals surface area contributed by atoms with Crippen LogP contribution in [0.1, 0.15) is 45.9 Å². The molecule has 0 aliphatic carbocycles. The molecule has 1 aromatic heterocycles. The Hall–Kier alpha value is -2.82. The smallest absolute Gasteiger partial charge is 0.338 e. The molecule has 0 N–H and O–H groups in total. The third-order valence-corrected chi connectivity index (χ3v) is 8.26. The van der Waals surface area contributed by atoms with Crippen molar-refractivity contribution in [1.29, 1.82) is 0 Å². The molecule has 0 unspecified atom stereocenters. The van der Waals surface area contributed by atoms with E-state index in [4.69, 9.17) is 17.0 Å². The lowest BCUT2D eigenvalue weighted by Crippen LogP contribution is -2.49. The number of thiophene rings is 1. The van der Waals surface area contributed by atoms with Gasteiger partial charge in [0.1, 0.15) is 12.1 Å². The number of benzene rings is 1. The Balaban J connectivity index is 1.17. The molecule has 0 spiro atoms. The first-order valence-corrected chi connectivity index (χ1v) is 13.1. The third-order valence-electron chi connectivity index (χ3n) is 7.00. The van der Waals surface area contributed by atoms with Crippen molar-refractivity contribution in [2.75, 3.05) is 44.2 Å². The molecule has 2 fully saturated rings. The van der Waals surface area contributed by atoms with Gasteiger partial charge in [0.05, 0.1) is 16.1 Å². The van der Waals surface area contributed by atoms with Crippen molar-refractivity contribution in [2.24, 2.45) is 0 Å². The number of ether oxygens (including phenoxy) is 1. The summed E-state index contributed by atoms with van der Waals surface area (Å²) in [5.74, 6) is -0.293. The van der Waals surface area contributed by atoms with Gasteiger partial charge in [0.2, 0.25) is 0 Å². The van der Waals surface area contributed by atoms with E-state index in [9.17, 15) is 14.4 Å². The van der Waals surface area contributed by atoms with Crippen LogP contribution < -0.4 is 4.90 Å². The molecule has 3 aliphatic heterocycles. The first kappa shape index (κ1) is 23.9. The van der Waals surface area contributed by atoms with E-state index in [-0.39, 0.29) is 24.4 Å². The molecule has 3 aliphatic rings. The number of esters is 1. The molecule has 5 rings (SSSR count). The number of thiocarbonyl (C=S) groups is 1. The summed E-state index contributed by atoms with van der Waals surface area (Å²) >= 11 is 7.23. The van der Waals surface area contributed by atoms with Gasteiger partial charge in [0.25, 0.3) is 11.8 Å². The summed E-state index contributed by atoms with van der Waals surface area (Å²) in [6.07, 6.45) is 0.857. The molecule has 35 heavy (non-hydrogen) atoms. The SMILES string of the molecule is CC1(C)C(=O)N(c2ccc3c(c2)COC3=O)C(=S)N1CCCN1CCN(C(=O)c2cccs2)CC1. The predicted octanol–water partition coefficient (Wildman–Crippen LogP) is 2.98. The van der Waals surface area contributed by atoms with Crippen molar-refractivity contribution in [3.63, 3.8) is 0 Å². The van der Waals surface area contributed by atoms with E-state index in [2.05, 4.69) is 4.90 Å². The van der Waals surface area contributed by atoms with E-state index in [0.717, 1.165) is 49.6 Å². The van der Waals surface area contributed by atoms with Crippen LogP contribution in [-0.2, 0) is 16.1 Å². The number of fused-ring (bicyclic) bond motifs is 1. The predicted molar refractivity (Wildman–Crippen MR) is 138 cm³/mol. The van der Waals surface area contributed by atoms with Gasteiger partial charge in [-0.3, -0.25) is 19.4 Å². The number of amides is 2. The second-order valence-corrected chi connectivity index (χ2v) is 10.8. The number of anilines is 1. The van der Waals surface area contributed by atoms with Crippen molar-refractivity contribution in [1.82, 2.24) is 14.7 Å². The van der Waals surface area contributed by atoms with E-state index in [1.54, 1.807) is 17.0 Å². The molecule has 1 aromatic carbocycles. The third kappa shape index (κ3) is 4.34. The fraction of sp³-hybridized carbons (Fsp3) is 0.440. The zero-order chi connectivity index (χ0) is 24.7. The second-order valence-electron chi connectivity index (χ2n) is 9.52. The van der Waals surface area contributed by atoms with Crippen molar-refractivity contribution in [3.8, 4) is 0 Å². The maximum atomic E-state index is 13.3. The fourth-order valence-electron chi connectivity index (χ4n) is 4.88. The minimum absolute atomic E-state index is 0.0756. The number of rotatable bonds is 6. The number of nitrogens with zero attached hydrogens (tertiary/aromatic N) is 4. The van der Waals surface area contributed by atoms with Gasteiger partial charge in [0.15, 0.2) is 5.11 Å². The Morgan fingerprint density at radius 1 is 1.11 bits per heavy atom. The maximum Gasteiger partial charge on any atom is 0.338 e. The van der Waals surface area contributed by atoms with E-state index in [1.165, 1.54) is 11.3 Å². The molecule has 0 atom stereocenters. The number of piperazine rings is 1. The Morgan fingerprint density at radius 2 is 1.89 bits per heavy atom. The molecule has 8 nitrogen and oxygen atoms in total. The molecular formula is C25H28N4O4S2. The lowest BCUT2D eigenvalue weighted by molar-refractivity contribution is -0.123. The molecule has 2 aromatic rings. The van der Waals surface area contributed by atoms with Gasteiger partial charge >= 0.3 is 5.97 Å². The Bertz CT molecular complexity index is 1170. The summed E-state index contributed by atoms with van der Waals surface area (Å²) in [5, 5.41) is 2.41. The average molecular weight is 513 g/mol. The zero-order valence-corrected chi connectivity index (χ0v) is 21.5. The van der Waals surface area contributed by atoms with E-state index in [0.29, 0.717) is 22.9 Å². The number of carbonyl (C=O) groups excluding carboxylic acids is 3. The largest absolute Gasteiger partial charge is 0.457 e. The van der Waals surface area contributed by atoms with Crippen LogP contribution in [0.4, 0.5) is 5.69 Å². The average Bonchev–Trinajstić information content (AvgIpc) is 3.55. The normalized spacial score (nSPS) is 19.9. The van der Waals surface area contributed by atoms with E-state index >= 15 is 0 Å². The Kier molecular flexibility index (Phi) is 6.37. The fourth-order valence-corrected chi connectivity index (χ4v) is 6.08. The second kappa shape index (κ2) is 9.33. The van der Waals surface area contributed by atoms with Gasteiger partial charge < -0.3 is 14.5 Å². The highest BCUT2D eigenvalue weighted by atomic mass is 32.1. The van der Waals surface area contributed by atoms with Crippen molar-refractivity contribution in [3.05, 3.63) is 51.7 Å². The molecule has 10 heteroatoms. The van der Waals surface area contributed by atoms with Gasteiger partial charge in [0, 0.05) is 38.3 Å². The van der Waals surface area contributed by atoms with E-state index < -0.39 is 5.54 Å². The van der Waals surface area contributed by atoms with Crippen LogP contribution in [0.2, 0.25) is 0 Å². The molecular weight excluding hydrogens is 484 g/mol. The van der Waals surface area contributed by atoms with Gasteiger partial charge in [-0.15, -0.1) is 11.3 Å². The van der Waals surface area contributed by atoms with Gasteiger partial charge in [-0.1, -0.05) is 6.07 Å². The van der Waals surface area contributed by atoms with Crippen LogP contribution in [0.25, 0.3) is 0 Å². The monoisotopic (exact) mass is 512 g/mol. The summed E-state index contributed by atoms with van der Waals surface area (Å²) in [5.41, 5.74) is 1.23. The highest BCUT2D eigenvalue weighted by Gasteiger charge is 2.49. The highest BCUT2D eigenvalue weighted by Crippen LogP contribution is 2.34. The summed E-state index contributed by atoms with van der Waals surface area (Å²) in [6, 6.07) is 9.06. The molecule has 0 saturated carbocycles. The number of cyclic esters (lactones) is 1. The maximum absolute atomic E-state index is 13.3. The van der Waals surface area contributed by atoms with Gasteiger partial charge in [-0.05, 0) is 68.7 Å². The minimum atomic E-state index is -0.756. The highest BCUT2D eigenvalue weighted by molar-refractivity contribution is 7.80. The summed E-state index contributed by atoms with van der Waals surface area (Å²) in [4.78, 5) is 46.3. The van der Waals surface area contributed by atoms with Gasteiger partial charge in [-0.25, -0.2) is 4.79 Å². The van der Waals surface area contributed by atoms with Crippen LogP contribution >= 0.6 is 23.6 Å². The molecule has 2 saturated heterocycles. The lowest BCUT2D eigenvalue weighted by atomic mass is 10.0. The summed E-state index contributed by atoms with van der Waals surface area (Å²) in [6.45, 7) is 8.68. The first-order chi connectivity index (χ1) is 16.8. The van der Waals surface area contributed by atoms with Crippen LogP contribution in [0, 0.1) is 0 Å². The number of hydrogen-bond acceptors (Lipinski definition) is 7. The lowest BCUT2D eigenvalue weighted by Gasteiger charge is -2.35. The summed E-state index contributed by atoms with van der Waals surface area (Å²) in [7, 11) is 0. The van der Waals surface area contributed by atoms with Crippen LogP contribution in [0.3, 0.4) is 0 Å². The van der Waals surface area contributed by atoms with Crippen LogP contribution in [0.5, 0.6) is 0 Å². The zero-order valence-electron chi connectivity index (χ0n) is 19.9. The van der Waals surface area contributed by atoms with Crippen LogP contribution in [-0.4, -0.2) is 82.4 Å². The Labute approximate surface area is 214 Å². The molecule has 4 heterocycles. The minimum Gasteiger partial charge on any atom is -0.457 e. The number of carbonyl (C=O) groups is 3. The standard InChI is InChI=1S/C25H28N4O4S2/c1-25(2)23(32)29(18-6-7-19-17(15-18)16-33-22(19)31)24(34)28(25)9-4-8-26-10-12-27(13-11-26)21(30)20-5-3-14-35-20/h3,5-7,14-15H,4,8-13,16H2,1-2H3. The molecule has 0 radical (unpaired) electrons. The molecule has 0 bridgehead atoms. The Morgan fingerprint density at radius 3 is 2.60 bits per heavy atom. The first-order valence-electron chi connectivity index (χ1n) is 11.8. The van der Waals surface area contributed by atoms with Crippen molar-refractivity contribution in [2.45, 2.75) is 32.4 Å². The van der Waals surface area contributed by atoms with E-state index in [1.807, 2.05) is 47.2 Å². The summed E-state index contributed by atoms with van der Waals surface area (Å²) < 4.78 is 5.09. The van der Waals surface area contributed by atoms with Crippen LogP contribution in [0.15, 0.2) is 35.7 Å². The number of hydrogen-bond donors (Lipinski definition) is 0. The van der Waals surface area contributed by atoms with Gasteiger partial charge in [-0.2, -0.15) is 0 Å². The van der Waals surface area contributed by atoms with Crippen molar-refractivity contribution < 1.29 is 19.1 Å².